The lowest BCUT2D eigenvalue weighted by atomic mass is 9.85. The quantitative estimate of drug-likeness (QED) is 0.612. The third kappa shape index (κ3) is 6.11. The third-order valence-electron chi connectivity index (χ3n) is 3.69. The van der Waals surface area contributed by atoms with Crippen molar-refractivity contribution in [3.8, 4) is 0 Å². The molecule has 128 valence electrons. The summed E-state index contributed by atoms with van der Waals surface area (Å²) in [4.78, 5) is 17.1. The molecule has 1 amide bonds. The minimum Gasteiger partial charge on any atom is -0.357 e. The highest BCUT2D eigenvalue weighted by molar-refractivity contribution is 5.84. The first kappa shape index (κ1) is 18.6. The Morgan fingerprint density at radius 3 is 2.55 bits per heavy atom. The Kier molecular flexibility index (Phi) is 6.96. The Labute approximate surface area is 129 Å². The summed E-state index contributed by atoms with van der Waals surface area (Å²) in [5, 5.41) is 5.99. The Hall–Kier alpha value is -1.47. The zero-order chi connectivity index (χ0) is 16.8. The molecule has 22 heavy (non-hydrogen) atoms. The largest absolute Gasteiger partial charge is 0.391 e. The van der Waals surface area contributed by atoms with E-state index in [4.69, 9.17) is 0 Å². The Morgan fingerprint density at radius 2 is 2.00 bits per heavy atom. The lowest BCUT2D eigenvalue weighted by Gasteiger charge is -2.31. The first-order valence-electron chi connectivity index (χ1n) is 7.55. The summed E-state index contributed by atoms with van der Waals surface area (Å²) >= 11 is 0. The average molecular weight is 322 g/mol. The lowest BCUT2D eigenvalue weighted by Crippen LogP contribution is -2.47. The van der Waals surface area contributed by atoms with Crippen LogP contribution in [0.2, 0.25) is 0 Å². The predicted octanol–water partition coefficient (Wildman–Crippen LogP) is 1.75. The van der Waals surface area contributed by atoms with Crippen LogP contribution < -0.4 is 10.6 Å². The number of rotatable bonds is 4. The van der Waals surface area contributed by atoms with Crippen molar-refractivity contribution in [3.05, 3.63) is 0 Å². The number of hydrogen-bond acceptors (Lipinski definition) is 2. The zero-order valence-electron chi connectivity index (χ0n) is 13.3. The number of guanidine groups is 1. The molecule has 2 unspecified atom stereocenters. The van der Waals surface area contributed by atoms with Crippen LogP contribution in [-0.2, 0) is 4.79 Å². The number of nitrogens with one attached hydrogen (secondary N) is 2. The van der Waals surface area contributed by atoms with Crippen molar-refractivity contribution < 1.29 is 18.0 Å². The van der Waals surface area contributed by atoms with E-state index in [9.17, 15) is 18.0 Å². The number of nitrogens with zero attached hydrogens (tertiary/aromatic N) is 2. The first-order valence-corrected chi connectivity index (χ1v) is 7.55. The first-order chi connectivity index (χ1) is 10.2. The highest BCUT2D eigenvalue weighted by Crippen LogP contribution is 2.37. The molecule has 1 saturated carbocycles. The summed E-state index contributed by atoms with van der Waals surface area (Å²) in [6, 6.07) is -0.271. The molecule has 0 aromatic rings. The minimum atomic E-state index is -4.14. The number of alkyl halides is 3. The molecule has 1 fully saturated rings. The van der Waals surface area contributed by atoms with Gasteiger partial charge >= 0.3 is 6.18 Å². The number of carbonyl (C=O) groups excluding carboxylic acids is 1. The molecule has 0 radical (unpaired) electrons. The van der Waals surface area contributed by atoms with E-state index in [0.29, 0.717) is 25.3 Å². The van der Waals surface area contributed by atoms with E-state index in [0.717, 1.165) is 0 Å². The predicted molar refractivity (Wildman–Crippen MR) is 79.6 cm³/mol. The van der Waals surface area contributed by atoms with Crippen molar-refractivity contribution in [2.24, 2.45) is 10.9 Å². The summed E-state index contributed by atoms with van der Waals surface area (Å²) in [5.41, 5.74) is 0. The van der Waals surface area contributed by atoms with Crippen LogP contribution in [0, 0.1) is 5.92 Å². The molecule has 0 heterocycles. The second-order valence-electron chi connectivity index (χ2n) is 5.73. The zero-order valence-corrected chi connectivity index (χ0v) is 13.3. The molecule has 1 aliphatic rings. The Morgan fingerprint density at radius 1 is 1.32 bits per heavy atom. The van der Waals surface area contributed by atoms with Gasteiger partial charge in [-0.2, -0.15) is 13.2 Å². The molecule has 0 aromatic carbocycles. The van der Waals surface area contributed by atoms with Gasteiger partial charge in [-0.15, -0.1) is 0 Å². The number of likely N-dealkylation sites (N-methyl/N-ethyl adjacent to an activating group) is 1. The van der Waals surface area contributed by atoms with Crippen LogP contribution in [0.5, 0.6) is 0 Å². The summed E-state index contributed by atoms with van der Waals surface area (Å²) in [6.45, 7) is 2.42. The van der Waals surface area contributed by atoms with Crippen LogP contribution in [0.1, 0.15) is 32.6 Å². The maximum absolute atomic E-state index is 12.8. The van der Waals surface area contributed by atoms with Gasteiger partial charge in [-0.05, 0) is 26.2 Å². The average Bonchev–Trinajstić information content (AvgIpc) is 2.44. The Bertz CT molecular complexity index is 396. The number of amides is 1. The van der Waals surface area contributed by atoms with E-state index in [-0.39, 0.29) is 31.3 Å². The van der Waals surface area contributed by atoms with E-state index >= 15 is 0 Å². The van der Waals surface area contributed by atoms with Gasteiger partial charge in [0.2, 0.25) is 5.91 Å². The van der Waals surface area contributed by atoms with Gasteiger partial charge in [0.15, 0.2) is 5.96 Å². The standard InChI is InChI=1S/C14H25F3N4O/c1-4-18-13(19-9-12(22)21(2)3)20-11-7-5-6-10(8-11)14(15,16)17/h10-11H,4-9H2,1-3H3,(H2,18,19,20). The molecule has 1 rings (SSSR count). The number of hydrogen-bond donors (Lipinski definition) is 2. The van der Waals surface area contributed by atoms with Crippen LogP contribution in [0.3, 0.4) is 0 Å². The molecule has 0 aromatic heterocycles. The second-order valence-corrected chi connectivity index (χ2v) is 5.73. The number of aliphatic imine (C=N–C) groups is 1. The van der Waals surface area contributed by atoms with Gasteiger partial charge in [0, 0.05) is 26.7 Å². The van der Waals surface area contributed by atoms with Crippen molar-refractivity contribution in [3.63, 3.8) is 0 Å². The van der Waals surface area contributed by atoms with E-state index in [1.165, 1.54) is 4.90 Å². The highest BCUT2D eigenvalue weighted by Gasteiger charge is 2.42. The van der Waals surface area contributed by atoms with Crippen LogP contribution in [0.15, 0.2) is 4.99 Å². The van der Waals surface area contributed by atoms with E-state index in [1.54, 1.807) is 14.1 Å². The number of halogens is 3. The summed E-state index contributed by atoms with van der Waals surface area (Å²) in [7, 11) is 3.26. The minimum absolute atomic E-state index is 0.0300. The summed E-state index contributed by atoms with van der Waals surface area (Å²) in [6.07, 6.45) is -2.68. The fourth-order valence-electron chi connectivity index (χ4n) is 2.42. The maximum Gasteiger partial charge on any atom is 0.391 e. The van der Waals surface area contributed by atoms with E-state index in [2.05, 4.69) is 15.6 Å². The molecule has 0 spiro atoms. The Balaban J connectivity index is 2.62. The topological polar surface area (TPSA) is 56.7 Å². The van der Waals surface area contributed by atoms with Crippen molar-refractivity contribution in [2.75, 3.05) is 27.2 Å². The number of carbonyl (C=O) groups is 1. The van der Waals surface area contributed by atoms with Gasteiger partial charge in [-0.3, -0.25) is 4.79 Å². The monoisotopic (exact) mass is 322 g/mol. The van der Waals surface area contributed by atoms with E-state index < -0.39 is 12.1 Å². The fourth-order valence-corrected chi connectivity index (χ4v) is 2.42. The van der Waals surface area contributed by atoms with Crippen LogP contribution >= 0.6 is 0 Å². The van der Waals surface area contributed by atoms with Crippen molar-refractivity contribution in [1.29, 1.82) is 0 Å². The highest BCUT2D eigenvalue weighted by atomic mass is 19.4. The van der Waals surface area contributed by atoms with Gasteiger partial charge in [0.1, 0.15) is 6.54 Å². The van der Waals surface area contributed by atoms with E-state index in [1.807, 2.05) is 6.92 Å². The van der Waals surface area contributed by atoms with Crippen LogP contribution in [-0.4, -0.2) is 56.2 Å². The van der Waals surface area contributed by atoms with Crippen molar-refractivity contribution >= 4 is 11.9 Å². The third-order valence-corrected chi connectivity index (χ3v) is 3.69. The smallest absolute Gasteiger partial charge is 0.357 e. The molecule has 8 heteroatoms. The fraction of sp³-hybridized carbons (Fsp3) is 0.857. The summed E-state index contributed by atoms with van der Waals surface area (Å²) < 4.78 is 38.5. The van der Waals surface area contributed by atoms with Gasteiger partial charge in [0.25, 0.3) is 0 Å². The van der Waals surface area contributed by atoms with Gasteiger partial charge in [-0.1, -0.05) is 6.42 Å². The summed E-state index contributed by atoms with van der Waals surface area (Å²) in [5.74, 6) is -1.02. The molecular formula is C14H25F3N4O. The van der Waals surface area contributed by atoms with Crippen molar-refractivity contribution in [1.82, 2.24) is 15.5 Å². The lowest BCUT2D eigenvalue weighted by molar-refractivity contribution is -0.183. The normalized spacial score (nSPS) is 23.1. The SMILES string of the molecule is CCNC(=NCC(=O)N(C)C)NC1CCCC(C(F)(F)F)C1. The van der Waals surface area contributed by atoms with Crippen molar-refractivity contribution in [2.45, 2.75) is 44.8 Å². The molecular weight excluding hydrogens is 297 g/mol. The maximum atomic E-state index is 12.8. The van der Waals surface area contributed by atoms with Gasteiger partial charge < -0.3 is 15.5 Å². The molecule has 2 atom stereocenters. The van der Waals surface area contributed by atoms with Crippen LogP contribution in [0.4, 0.5) is 13.2 Å². The molecule has 2 N–H and O–H groups in total. The van der Waals surface area contributed by atoms with Crippen LogP contribution in [0.25, 0.3) is 0 Å². The molecule has 5 nitrogen and oxygen atoms in total. The molecule has 1 aliphatic carbocycles. The van der Waals surface area contributed by atoms with Gasteiger partial charge in [-0.25, -0.2) is 4.99 Å². The second kappa shape index (κ2) is 8.24. The van der Waals surface area contributed by atoms with Gasteiger partial charge in [0.05, 0.1) is 5.92 Å². The molecule has 0 saturated heterocycles. The molecule has 0 bridgehead atoms. The molecule has 0 aliphatic heterocycles.